The van der Waals surface area contributed by atoms with Gasteiger partial charge in [-0.1, -0.05) is 34.8 Å². The van der Waals surface area contributed by atoms with Crippen LogP contribution in [-0.2, 0) is 9.59 Å². The number of carbonyl (C=O) groups excluding carboxylic acids is 2. The van der Waals surface area contributed by atoms with Crippen molar-refractivity contribution in [1.82, 2.24) is 0 Å². The van der Waals surface area contributed by atoms with Crippen LogP contribution in [0.15, 0.2) is 42.5 Å². The Kier molecular flexibility index (Phi) is 5.66. The highest BCUT2D eigenvalue weighted by atomic mass is 35.5. The summed E-state index contributed by atoms with van der Waals surface area (Å²) in [4.78, 5) is 23.6. The fourth-order valence-electron chi connectivity index (χ4n) is 1.67. The van der Waals surface area contributed by atoms with E-state index in [9.17, 15) is 9.59 Å². The molecule has 2 N–H and O–H groups in total. The monoisotopic (exact) mass is 356 g/mol. The van der Waals surface area contributed by atoms with Gasteiger partial charge in [0.15, 0.2) is 0 Å². The van der Waals surface area contributed by atoms with E-state index in [0.717, 1.165) is 0 Å². The number of nitrogens with one attached hydrogen (secondary N) is 2. The highest BCUT2D eigenvalue weighted by Crippen LogP contribution is 2.25. The Morgan fingerprint density at radius 2 is 1.41 bits per heavy atom. The number of rotatable bonds is 4. The first-order valence-corrected chi connectivity index (χ1v) is 7.38. The van der Waals surface area contributed by atoms with Crippen molar-refractivity contribution in [2.24, 2.45) is 0 Å². The zero-order chi connectivity index (χ0) is 16.1. The molecule has 114 valence electrons. The Balaban J connectivity index is 1.92. The summed E-state index contributed by atoms with van der Waals surface area (Å²) in [5.41, 5.74) is 0.918. The first-order chi connectivity index (χ1) is 10.4. The Hall–Kier alpha value is -1.75. The molecule has 0 saturated heterocycles. The smallest absolute Gasteiger partial charge is 0.233 e. The zero-order valence-electron chi connectivity index (χ0n) is 11.2. The molecule has 0 atom stereocenters. The van der Waals surface area contributed by atoms with Gasteiger partial charge in [0, 0.05) is 15.7 Å². The normalized spacial score (nSPS) is 10.1. The van der Waals surface area contributed by atoms with Gasteiger partial charge < -0.3 is 10.6 Å². The van der Waals surface area contributed by atoms with Gasteiger partial charge in [-0.15, -0.1) is 0 Å². The largest absolute Gasteiger partial charge is 0.326 e. The molecule has 0 aromatic heterocycles. The highest BCUT2D eigenvalue weighted by Gasteiger charge is 2.12. The van der Waals surface area contributed by atoms with Gasteiger partial charge in [-0.2, -0.15) is 0 Å². The molecule has 2 aromatic carbocycles. The number of benzene rings is 2. The molecule has 0 spiro atoms. The quantitative estimate of drug-likeness (QED) is 0.785. The number of anilines is 2. The Labute approximate surface area is 142 Å². The number of hydrogen-bond acceptors (Lipinski definition) is 2. The fourth-order valence-corrected chi connectivity index (χ4v) is 2.13. The zero-order valence-corrected chi connectivity index (χ0v) is 13.5. The maximum absolute atomic E-state index is 11.8. The number of amides is 2. The molecule has 0 aliphatic carbocycles. The second-order valence-electron chi connectivity index (χ2n) is 4.40. The maximum Gasteiger partial charge on any atom is 0.233 e. The van der Waals surface area contributed by atoms with Gasteiger partial charge in [-0.25, -0.2) is 0 Å². The lowest BCUT2D eigenvalue weighted by atomic mass is 10.2. The van der Waals surface area contributed by atoms with E-state index in [1.54, 1.807) is 36.4 Å². The lowest BCUT2D eigenvalue weighted by Gasteiger charge is -2.08. The van der Waals surface area contributed by atoms with Crippen LogP contribution in [0.4, 0.5) is 11.4 Å². The molecule has 0 radical (unpaired) electrons. The minimum atomic E-state index is -0.490. The van der Waals surface area contributed by atoms with Gasteiger partial charge >= 0.3 is 0 Å². The SMILES string of the molecule is O=C(CC(=O)Nc1cc(Cl)ccc1Cl)Nc1ccc(Cl)cc1. The van der Waals surface area contributed by atoms with Gasteiger partial charge in [0.2, 0.25) is 11.8 Å². The molecule has 0 aliphatic heterocycles. The van der Waals surface area contributed by atoms with Crippen molar-refractivity contribution in [3.63, 3.8) is 0 Å². The predicted octanol–water partition coefficient (Wildman–Crippen LogP) is 4.61. The summed E-state index contributed by atoms with van der Waals surface area (Å²) in [6.07, 6.45) is -0.342. The van der Waals surface area contributed by atoms with Crippen LogP contribution in [0.25, 0.3) is 0 Å². The molecule has 0 unspecified atom stereocenters. The molecule has 22 heavy (non-hydrogen) atoms. The van der Waals surface area contributed by atoms with E-state index in [1.165, 1.54) is 6.07 Å². The van der Waals surface area contributed by atoms with Gasteiger partial charge in [0.05, 0.1) is 10.7 Å². The van der Waals surface area contributed by atoms with Crippen molar-refractivity contribution < 1.29 is 9.59 Å². The van der Waals surface area contributed by atoms with Crippen LogP contribution < -0.4 is 10.6 Å². The molecule has 0 aliphatic rings. The molecule has 0 saturated carbocycles. The van der Waals surface area contributed by atoms with E-state index in [4.69, 9.17) is 34.8 Å². The average molecular weight is 358 g/mol. The summed E-state index contributed by atoms with van der Waals surface area (Å²) >= 11 is 17.5. The Morgan fingerprint density at radius 1 is 0.818 bits per heavy atom. The lowest BCUT2D eigenvalue weighted by Crippen LogP contribution is -2.21. The second kappa shape index (κ2) is 7.49. The van der Waals surface area contributed by atoms with E-state index in [1.807, 2.05) is 0 Å². The minimum Gasteiger partial charge on any atom is -0.326 e. The molecule has 2 aromatic rings. The number of halogens is 3. The van der Waals surface area contributed by atoms with Gasteiger partial charge in [-0.3, -0.25) is 9.59 Å². The van der Waals surface area contributed by atoms with Crippen molar-refractivity contribution in [3.8, 4) is 0 Å². The standard InChI is InChI=1S/C15H11Cl3N2O2/c16-9-1-4-11(5-2-9)19-14(21)8-15(22)20-13-7-10(17)3-6-12(13)18/h1-7H,8H2,(H,19,21)(H,20,22). The lowest BCUT2D eigenvalue weighted by molar-refractivity contribution is -0.123. The molecule has 7 heteroatoms. The van der Waals surface area contributed by atoms with E-state index >= 15 is 0 Å². The number of hydrogen-bond donors (Lipinski definition) is 2. The Morgan fingerprint density at radius 3 is 2.09 bits per heavy atom. The van der Waals surface area contributed by atoms with Crippen LogP contribution in [0.3, 0.4) is 0 Å². The summed E-state index contributed by atoms with van der Waals surface area (Å²) in [6.45, 7) is 0. The topological polar surface area (TPSA) is 58.2 Å². The van der Waals surface area contributed by atoms with Crippen molar-refractivity contribution >= 4 is 58.0 Å². The molecule has 0 bridgehead atoms. The summed E-state index contributed by atoms with van der Waals surface area (Å²) in [5.74, 6) is -0.936. The molecule has 0 fully saturated rings. The van der Waals surface area contributed by atoms with Crippen molar-refractivity contribution in [1.29, 1.82) is 0 Å². The second-order valence-corrected chi connectivity index (χ2v) is 5.68. The van der Waals surface area contributed by atoms with Crippen LogP contribution in [0.2, 0.25) is 15.1 Å². The van der Waals surface area contributed by atoms with Crippen LogP contribution in [0, 0.1) is 0 Å². The van der Waals surface area contributed by atoms with Crippen molar-refractivity contribution in [2.75, 3.05) is 10.6 Å². The van der Waals surface area contributed by atoms with Crippen LogP contribution >= 0.6 is 34.8 Å². The third-order valence-corrected chi connectivity index (χ3v) is 3.47. The Bertz CT molecular complexity index is 702. The van der Waals surface area contributed by atoms with E-state index in [2.05, 4.69) is 10.6 Å². The van der Waals surface area contributed by atoms with E-state index in [-0.39, 0.29) is 6.42 Å². The third-order valence-electron chi connectivity index (χ3n) is 2.65. The third kappa shape index (κ3) is 4.91. The van der Waals surface area contributed by atoms with E-state index < -0.39 is 11.8 Å². The molecular formula is C15H11Cl3N2O2. The summed E-state index contributed by atoms with van der Waals surface area (Å²) in [6, 6.07) is 11.3. The molecule has 2 rings (SSSR count). The summed E-state index contributed by atoms with van der Waals surface area (Å²) in [5, 5.41) is 6.47. The highest BCUT2D eigenvalue weighted by molar-refractivity contribution is 6.35. The first kappa shape index (κ1) is 16.6. The summed E-state index contributed by atoms with van der Waals surface area (Å²) in [7, 11) is 0. The fraction of sp³-hybridized carbons (Fsp3) is 0.0667. The van der Waals surface area contributed by atoms with E-state index in [0.29, 0.717) is 26.4 Å². The van der Waals surface area contributed by atoms with Crippen molar-refractivity contribution in [3.05, 3.63) is 57.5 Å². The van der Waals surface area contributed by atoms with Crippen LogP contribution in [0.5, 0.6) is 0 Å². The van der Waals surface area contributed by atoms with Crippen molar-refractivity contribution in [2.45, 2.75) is 6.42 Å². The van der Waals surface area contributed by atoms with Crippen LogP contribution in [-0.4, -0.2) is 11.8 Å². The predicted molar refractivity (Wildman–Crippen MR) is 89.8 cm³/mol. The average Bonchev–Trinajstić information content (AvgIpc) is 2.45. The minimum absolute atomic E-state index is 0.342. The van der Waals surface area contributed by atoms with Crippen LogP contribution in [0.1, 0.15) is 6.42 Å². The van der Waals surface area contributed by atoms with Gasteiger partial charge in [0.25, 0.3) is 0 Å². The molecule has 0 heterocycles. The summed E-state index contributed by atoms with van der Waals surface area (Å²) < 4.78 is 0. The first-order valence-electron chi connectivity index (χ1n) is 6.24. The molecule has 2 amide bonds. The van der Waals surface area contributed by atoms with Gasteiger partial charge in [0.1, 0.15) is 6.42 Å². The maximum atomic E-state index is 11.8. The number of carbonyl (C=O) groups is 2. The molecule has 4 nitrogen and oxygen atoms in total. The molecular weight excluding hydrogens is 347 g/mol. The van der Waals surface area contributed by atoms with Gasteiger partial charge in [-0.05, 0) is 42.5 Å².